The standard InChI is InChI=1S/C34H24F2N5O2/c1-42-28-19-29(43-2)38-32(37-28)22-13-15-24-25-16-14-23(18-27(25)34(35,36)26(24)17-22)33-40-30(20-9-5-3-6-10-20)39-31(41-33)21-11-7-4-8-12-21/h3-19,30H,1-2H3/q-1. The molecule has 0 saturated carbocycles. The third-order valence-corrected chi connectivity index (χ3v) is 7.45. The molecular formula is C34H24F2N5O2-. The fourth-order valence-electron chi connectivity index (χ4n) is 5.30. The molecule has 1 aliphatic carbocycles. The Bertz CT molecular complexity index is 1890. The Hall–Kier alpha value is -5.44. The average molecular weight is 573 g/mol. The second-order valence-electron chi connectivity index (χ2n) is 10.0. The quantitative estimate of drug-likeness (QED) is 0.210. The fraction of sp³-hybridized carbons (Fsp3) is 0.118. The molecule has 4 aromatic carbocycles. The van der Waals surface area contributed by atoms with E-state index in [-0.39, 0.29) is 28.7 Å². The maximum Gasteiger partial charge on any atom is 0.299 e. The van der Waals surface area contributed by atoms with Crippen molar-refractivity contribution >= 4 is 11.7 Å². The van der Waals surface area contributed by atoms with Crippen LogP contribution in [0.1, 0.15) is 34.0 Å². The number of fused-ring (bicyclic) bond motifs is 3. The SMILES string of the molecule is COc1cc(OC)nc(-c2ccc3c(c2)C(F)(F)c2cc(C4=NC(c5ccccc5)=NC(c5ccccc5)[N-]4)ccc2-3)n1. The first-order chi connectivity index (χ1) is 20.9. The Morgan fingerprint density at radius 2 is 1.26 bits per heavy atom. The van der Waals surface area contributed by atoms with E-state index in [2.05, 4.69) is 9.97 Å². The summed E-state index contributed by atoms with van der Waals surface area (Å²) in [6, 6.07) is 30.5. The van der Waals surface area contributed by atoms with Gasteiger partial charge >= 0.3 is 0 Å². The van der Waals surface area contributed by atoms with Crippen molar-refractivity contribution in [1.82, 2.24) is 9.97 Å². The topological polar surface area (TPSA) is 83.1 Å². The normalized spacial score (nSPS) is 16.3. The van der Waals surface area contributed by atoms with E-state index in [4.69, 9.17) is 24.8 Å². The minimum atomic E-state index is -3.27. The summed E-state index contributed by atoms with van der Waals surface area (Å²) in [5.74, 6) is -1.67. The molecule has 0 spiro atoms. The number of methoxy groups -OCH3 is 2. The zero-order chi connectivity index (χ0) is 29.6. The third-order valence-electron chi connectivity index (χ3n) is 7.45. The molecule has 1 aromatic heterocycles. The summed E-state index contributed by atoms with van der Waals surface area (Å²) in [4.78, 5) is 18.2. The Balaban J connectivity index is 1.28. The van der Waals surface area contributed by atoms with Crippen LogP contribution in [-0.2, 0) is 5.92 Å². The minimum absolute atomic E-state index is 0.112. The van der Waals surface area contributed by atoms with Crippen LogP contribution in [0.3, 0.4) is 0 Å². The van der Waals surface area contributed by atoms with Crippen molar-refractivity contribution in [2.24, 2.45) is 9.98 Å². The summed E-state index contributed by atoms with van der Waals surface area (Å²) >= 11 is 0. The van der Waals surface area contributed by atoms with Crippen LogP contribution in [0, 0.1) is 0 Å². The maximum atomic E-state index is 16.2. The smallest absolute Gasteiger partial charge is 0.299 e. The number of aliphatic imine (C=N–C) groups is 2. The van der Waals surface area contributed by atoms with Gasteiger partial charge in [-0.3, -0.25) is 4.99 Å². The van der Waals surface area contributed by atoms with Crippen LogP contribution in [0.4, 0.5) is 8.78 Å². The second kappa shape index (κ2) is 10.4. The first kappa shape index (κ1) is 26.5. The molecule has 7 rings (SSSR count). The van der Waals surface area contributed by atoms with Gasteiger partial charge in [0.2, 0.25) is 11.8 Å². The lowest BCUT2D eigenvalue weighted by molar-refractivity contribution is 0.0480. The highest BCUT2D eigenvalue weighted by atomic mass is 19.3. The van der Waals surface area contributed by atoms with Gasteiger partial charge in [0.1, 0.15) is 0 Å². The monoisotopic (exact) mass is 572 g/mol. The summed E-state index contributed by atoms with van der Waals surface area (Å²) < 4.78 is 42.8. The number of amidine groups is 2. The summed E-state index contributed by atoms with van der Waals surface area (Å²) in [5.41, 5.74) is 3.26. The van der Waals surface area contributed by atoms with Crippen LogP contribution in [0.25, 0.3) is 27.8 Å². The van der Waals surface area contributed by atoms with Crippen molar-refractivity contribution in [1.29, 1.82) is 0 Å². The number of alkyl halides is 2. The summed E-state index contributed by atoms with van der Waals surface area (Å²) in [5, 5.41) is 4.78. The molecule has 1 aliphatic heterocycles. The number of benzene rings is 4. The summed E-state index contributed by atoms with van der Waals surface area (Å²) in [6.07, 6.45) is -0.558. The molecule has 43 heavy (non-hydrogen) atoms. The molecule has 2 aliphatic rings. The Morgan fingerprint density at radius 3 is 1.88 bits per heavy atom. The first-order valence-electron chi connectivity index (χ1n) is 13.6. The van der Waals surface area contributed by atoms with E-state index in [1.54, 1.807) is 24.3 Å². The van der Waals surface area contributed by atoms with E-state index in [1.807, 2.05) is 60.7 Å². The van der Waals surface area contributed by atoms with Crippen LogP contribution in [0.15, 0.2) is 113 Å². The van der Waals surface area contributed by atoms with Crippen LogP contribution < -0.4 is 9.47 Å². The van der Waals surface area contributed by atoms with Crippen LogP contribution in [0.5, 0.6) is 11.8 Å². The van der Waals surface area contributed by atoms with E-state index in [0.29, 0.717) is 33.9 Å². The van der Waals surface area contributed by atoms with Crippen molar-refractivity contribution in [3.05, 3.63) is 136 Å². The van der Waals surface area contributed by atoms with Gasteiger partial charge in [-0.15, -0.1) is 0 Å². The number of hydrogen-bond acceptors (Lipinski definition) is 6. The largest absolute Gasteiger partial charge is 0.481 e. The van der Waals surface area contributed by atoms with E-state index >= 15 is 8.78 Å². The van der Waals surface area contributed by atoms with Crippen molar-refractivity contribution < 1.29 is 18.3 Å². The van der Waals surface area contributed by atoms with Crippen LogP contribution in [0.2, 0.25) is 0 Å². The molecule has 1 atom stereocenters. The molecular weight excluding hydrogens is 548 g/mol. The van der Waals surface area contributed by atoms with Gasteiger partial charge in [0.15, 0.2) is 5.82 Å². The number of aromatic nitrogens is 2. The number of ether oxygens (including phenoxy) is 2. The number of nitrogens with zero attached hydrogens (tertiary/aromatic N) is 5. The lowest BCUT2D eigenvalue weighted by atomic mass is 10.0. The molecule has 0 N–H and O–H groups in total. The zero-order valence-electron chi connectivity index (χ0n) is 23.2. The Morgan fingerprint density at radius 1 is 0.674 bits per heavy atom. The predicted molar refractivity (Wildman–Crippen MR) is 161 cm³/mol. The number of hydrogen-bond donors (Lipinski definition) is 0. The van der Waals surface area contributed by atoms with E-state index in [0.717, 1.165) is 11.1 Å². The first-order valence-corrected chi connectivity index (χ1v) is 13.6. The van der Waals surface area contributed by atoms with Gasteiger partial charge < -0.3 is 19.8 Å². The maximum absolute atomic E-state index is 16.2. The highest BCUT2D eigenvalue weighted by molar-refractivity contribution is 6.19. The lowest BCUT2D eigenvalue weighted by Gasteiger charge is -2.32. The van der Waals surface area contributed by atoms with Gasteiger partial charge in [-0.25, -0.2) is 0 Å². The molecule has 0 bridgehead atoms. The predicted octanol–water partition coefficient (Wildman–Crippen LogP) is 7.56. The average Bonchev–Trinajstić information content (AvgIpc) is 3.30. The van der Waals surface area contributed by atoms with Crippen LogP contribution >= 0.6 is 0 Å². The zero-order valence-corrected chi connectivity index (χ0v) is 23.2. The van der Waals surface area contributed by atoms with Crippen molar-refractivity contribution in [3.8, 4) is 34.3 Å². The third kappa shape index (κ3) is 4.68. The summed E-state index contributed by atoms with van der Waals surface area (Å²) in [7, 11) is 2.94. The Kier molecular flexibility index (Phi) is 6.42. The molecule has 0 radical (unpaired) electrons. The van der Waals surface area contributed by atoms with Crippen molar-refractivity contribution in [2.75, 3.05) is 14.2 Å². The molecule has 0 fully saturated rings. The van der Waals surface area contributed by atoms with Gasteiger partial charge in [-0.2, -0.15) is 18.7 Å². The summed E-state index contributed by atoms with van der Waals surface area (Å²) in [6.45, 7) is 0. The van der Waals surface area contributed by atoms with Gasteiger partial charge in [-0.1, -0.05) is 90.8 Å². The van der Waals surface area contributed by atoms with Gasteiger partial charge in [0.25, 0.3) is 5.92 Å². The van der Waals surface area contributed by atoms with Gasteiger partial charge in [-0.05, 0) is 39.9 Å². The number of rotatable bonds is 6. The minimum Gasteiger partial charge on any atom is -0.481 e. The van der Waals surface area contributed by atoms with Crippen molar-refractivity contribution in [3.63, 3.8) is 0 Å². The van der Waals surface area contributed by atoms with E-state index in [9.17, 15) is 0 Å². The molecule has 0 saturated heterocycles. The van der Waals surface area contributed by atoms with Gasteiger partial charge in [0.05, 0.1) is 32.3 Å². The molecule has 5 aromatic rings. The Labute approximate surface area is 246 Å². The highest BCUT2D eigenvalue weighted by Crippen LogP contribution is 2.52. The van der Waals surface area contributed by atoms with E-state index in [1.165, 1.54) is 32.4 Å². The molecule has 7 nitrogen and oxygen atoms in total. The molecule has 1 unspecified atom stereocenters. The molecule has 0 amide bonds. The fourth-order valence-corrected chi connectivity index (χ4v) is 5.30. The molecule has 212 valence electrons. The molecule has 9 heteroatoms. The molecule has 2 heterocycles. The van der Waals surface area contributed by atoms with E-state index < -0.39 is 12.1 Å². The van der Waals surface area contributed by atoms with Gasteiger partial charge in [0, 0.05) is 16.7 Å². The van der Waals surface area contributed by atoms with Crippen LogP contribution in [-0.4, -0.2) is 35.9 Å². The number of halogens is 2. The second-order valence-corrected chi connectivity index (χ2v) is 10.0. The highest BCUT2D eigenvalue weighted by Gasteiger charge is 2.44. The lowest BCUT2D eigenvalue weighted by Crippen LogP contribution is -2.17. The van der Waals surface area contributed by atoms with Crippen molar-refractivity contribution in [2.45, 2.75) is 12.1 Å².